The van der Waals surface area contributed by atoms with Crippen molar-refractivity contribution in [3.05, 3.63) is 59.7 Å². The number of ether oxygens (including phenoxy) is 2. The van der Waals surface area contributed by atoms with Gasteiger partial charge in [0.1, 0.15) is 5.60 Å². The molecule has 2 aromatic carbocycles. The maximum atomic E-state index is 12.8. The van der Waals surface area contributed by atoms with Crippen LogP contribution in [0.2, 0.25) is 0 Å². The van der Waals surface area contributed by atoms with Crippen molar-refractivity contribution < 1.29 is 14.3 Å². The average molecular weight is 424 g/mol. The van der Waals surface area contributed by atoms with Gasteiger partial charge in [-0.1, -0.05) is 42.5 Å². The molecule has 4 rings (SSSR count). The number of carbonyl (C=O) groups excluding carboxylic acids is 1. The molecule has 1 saturated heterocycles. The standard InChI is InChI=1S/C25H33N3O3/c1-25(2)16-20-10-7-11-22(24(20)31-25)30-18-23(29)26-21(19-8-5-4-6-9-19)17-28-14-12-27(3)13-15-28/h4-11,21H,12-18H2,1-3H3,(H,26,29). The third-order valence-electron chi connectivity index (χ3n) is 5.99. The van der Waals surface area contributed by atoms with E-state index >= 15 is 0 Å². The Kier molecular flexibility index (Phi) is 6.49. The highest BCUT2D eigenvalue weighted by Gasteiger charge is 2.32. The molecule has 6 nitrogen and oxygen atoms in total. The van der Waals surface area contributed by atoms with Crippen LogP contribution in [0.25, 0.3) is 0 Å². The summed E-state index contributed by atoms with van der Waals surface area (Å²) in [6.07, 6.45) is 0.840. The summed E-state index contributed by atoms with van der Waals surface area (Å²) in [4.78, 5) is 17.6. The maximum Gasteiger partial charge on any atom is 0.258 e. The zero-order valence-corrected chi connectivity index (χ0v) is 18.8. The number of nitrogens with zero attached hydrogens (tertiary/aromatic N) is 2. The van der Waals surface area contributed by atoms with E-state index in [1.165, 1.54) is 0 Å². The number of nitrogens with one attached hydrogen (secondary N) is 1. The molecule has 2 aliphatic heterocycles. The Labute approximate surface area is 185 Å². The summed E-state index contributed by atoms with van der Waals surface area (Å²) in [5.41, 5.74) is 1.99. The van der Waals surface area contributed by atoms with Crippen molar-refractivity contribution >= 4 is 5.91 Å². The number of amides is 1. The molecule has 0 saturated carbocycles. The molecule has 6 heteroatoms. The Morgan fingerprint density at radius 3 is 2.58 bits per heavy atom. The van der Waals surface area contributed by atoms with E-state index in [1.807, 2.05) is 30.3 Å². The molecular formula is C25H33N3O3. The van der Waals surface area contributed by atoms with Crippen molar-refractivity contribution in [2.45, 2.75) is 31.9 Å². The van der Waals surface area contributed by atoms with Crippen molar-refractivity contribution in [1.29, 1.82) is 0 Å². The number of rotatable bonds is 7. The van der Waals surface area contributed by atoms with Crippen LogP contribution in [0.3, 0.4) is 0 Å². The van der Waals surface area contributed by atoms with E-state index in [0.29, 0.717) is 5.75 Å². The average Bonchev–Trinajstić information content (AvgIpc) is 3.08. The molecular weight excluding hydrogens is 390 g/mol. The predicted octanol–water partition coefficient (Wildman–Crippen LogP) is 2.88. The van der Waals surface area contributed by atoms with Gasteiger partial charge in [0.2, 0.25) is 0 Å². The number of carbonyl (C=O) groups is 1. The topological polar surface area (TPSA) is 54.0 Å². The lowest BCUT2D eigenvalue weighted by molar-refractivity contribution is -0.124. The van der Waals surface area contributed by atoms with Crippen molar-refractivity contribution in [2.75, 3.05) is 46.4 Å². The normalized spacial score (nSPS) is 19.3. The van der Waals surface area contributed by atoms with Gasteiger partial charge in [-0.2, -0.15) is 0 Å². The molecule has 166 valence electrons. The molecule has 2 aliphatic rings. The highest BCUT2D eigenvalue weighted by molar-refractivity contribution is 5.78. The summed E-state index contributed by atoms with van der Waals surface area (Å²) in [6, 6.07) is 16.0. The Bertz CT molecular complexity index is 892. The number of hydrogen-bond acceptors (Lipinski definition) is 5. The lowest BCUT2D eigenvalue weighted by Gasteiger charge is -2.35. The van der Waals surface area contributed by atoms with Crippen LogP contribution in [-0.4, -0.2) is 67.7 Å². The lowest BCUT2D eigenvalue weighted by Crippen LogP contribution is -2.48. The minimum absolute atomic E-state index is 0.0354. The molecule has 0 aromatic heterocycles. The first-order chi connectivity index (χ1) is 14.9. The molecule has 1 N–H and O–H groups in total. The minimum atomic E-state index is -0.245. The van der Waals surface area contributed by atoms with E-state index in [2.05, 4.69) is 54.2 Å². The first kappa shape index (κ1) is 21.7. The zero-order valence-electron chi connectivity index (χ0n) is 18.8. The molecule has 0 aliphatic carbocycles. The van der Waals surface area contributed by atoms with Gasteiger partial charge in [0.15, 0.2) is 18.1 Å². The lowest BCUT2D eigenvalue weighted by atomic mass is 10.0. The second-order valence-electron chi connectivity index (χ2n) is 9.21. The Morgan fingerprint density at radius 2 is 1.84 bits per heavy atom. The zero-order chi connectivity index (χ0) is 21.8. The van der Waals surface area contributed by atoms with Gasteiger partial charge in [-0.3, -0.25) is 9.69 Å². The van der Waals surface area contributed by atoms with Gasteiger partial charge in [-0.15, -0.1) is 0 Å². The number of benzene rings is 2. The molecule has 2 heterocycles. The van der Waals surface area contributed by atoms with E-state index in [0.717, 1.165) is 56.0 Å². The molecule has 1 amide bonds. The fourth-order valence-electron chi connectivity index (χ4n) is 4.29. The first-order valence-corrected chi connectivity index (χ1v) is 11.1. The predicted molar refractivity (Wildman–Crippen MR) is 122 cm³/mol. The number of para-hydroxylation sites is 1. The summed E-state index contributed by atoms with van der Waals surface area (Å²) in [5.74, 6) is 1.27. The number of fused-ring (bicyclic) bond motifs is 1. The van der Waals surface area contributed by atoms with Crippen LogP contribution in [0.1, 0.15) is 31.0 Å². The van der Waals surface area contributed by atoms with Crippen LogP contribution in [0, 0.1) is 0 Å². The van der Waals surface area contributed by atoms with E-state index in [1.54, 1.807) is 0 Å². The summed E-state index contributed by atoms with van der Waals surface area (Å²) >= 11 is 0. The summed E-state index contributed by atoms with van der Waals surface area (Å²) in [5, 5.41) is 3.19. The molecule has 1 fully saturated rings. The quantitative estimate of drug-likeness (QED) is 0.742. The molecule has 1 unspecified atom stereocenters. The monoisotopic (exact) mass is 423 g/mol. The first-order valence-electron chi connectivity index (χ1n) is 11.1. The van der Waals surface area contributed by atoms with E-state index in [9.17, 15) is 4.79 Å². The highest BCUT2D eigenvalue weighted by Crippen LogP contribution is 2.41. The summed E-state index contributed by atoms with van der Waals surface area (Å²) < 4.78 is 11.9. The molecule has 31 heavy (non-hydrogen) atoms. The van der Waals surface area contributed by atoms with E-state index in [-0.39, 0.29) is 24.2 Å². The van der Waals surface area contributed by atoms with Crippen molar-refractivity contribution in [2.24, 2.45) is 0 Å². The highest BCUT2D eigenvalue weighted by atomic mass is 16.5. The van der Waals surface area contributed by atoms with Crippen LogP contribution in [0.5, 0.6) is 11.5 Å². The Hall–Kier alpha value is -2.57. The largest absolute Gasteiger partial charge is 0.483 e. The second kappa shape index (κ2) is 9.28. The van der Waals surface area contributed by atoms with E-state index < -0.39 is 0 Å². The van der Waals surface area contributed by atoms with Gasteiger partial charge >= 0.3 is 0 Å². The third kappa shape index (κ3) is 5.57. The molecule has 0 spiro atoms. The number of hydrogen-bond donors (Lipinski definition) is 1. The fourth-order valence-corrected chi connectivity index (χ4v) is 4.29. The van der Waals surface area contributed by atoms with Gasteiger partial charge in [-0.05, 0) is 32.5 Å². The Morgan fingerprint density at radius 1 is 1.10 bits per heavy atom. The molecule has 2 aromatic rings. The maximum absolute atomic E-state index is 12.8. The second-order valence-corrected chi connectivity index (χ2v) is 9.21. The summed E-state index contributed by atoms with van der Waals surface area (Å²) in [7, 11) is 2.15. The van der Waals surface area contributed by atoms with Gasteiger partial charge in [0.05, 0.1) is 6.04 Å². The minimum Gasteiger partial charge on any atom is -0.483 e. The van der Waals surface area contributed by atoms with E-state index in [4.69, 9.17) is 9.47 Å². The summed E-state index contributed by atoms with van der Waals surface area (Å²) in [6.45, 7) is 9.00. The van der Waals surface area contributed by atoms with Crippen LogP contribution in [0.4, 0.5) is 0 Å². The fraction of sp³-hybridized carbons (Fsp3) is 0.480. The molecule has 1 atom stereocenters. The van der Waals surface area contributed by atoms with Crippen molar-refractivity contribution in [1.82, 2.24) is 15.1 Å². The van der Waals surface area contributed by atoms with Gasteiger partial charge in [0.25, 0.3) is 5.91 Å². The van der Waals surface area contributed by atoms with Crippen LogP contribution >= 0.6 is 0 Å². The van der Waals surface area contributed by atoms with Crippen molar-refractivity contribution in [3.63, 3.8) is 0 Å². The molecule has 0 radical (unpaired) electrons. The number of piperazine rings is 1. The SMILES string of the molecule is CN1CCN(CC(NC(=O)COc2cccc3c2OC(C)(C)C3)c2ccccc2)CC1. The smallest absolute Gasteiger partial charge is 0.258 e. The van der Waals surface area contributed by atoms with Gasteiger partial charge in [0, 0.05) is 44.7 Å². The molecule has 0 bridgehead atoms. The third-order valence-corrected chi connectivity index (χ3v) is 5.99. The van der Waals surface area contributed by atoms with Gasteiger partial charge in [-0.25, -0.2) is 0 Å². The van der Waals surface area contributed by atoms with Crippen LogP contribution in [0.15, 0.2) is 48.5 Å². The van der Waals surface area contributed by atoms with Crippen LogP contribution < -0.4 is 14.8 Å². The van der Waals surface area contributed by atoms with Crippen molar-refractivity contribution in [3.8, 4) is 11.5 Å². The van der Waals surface area contributed by atoms with Crippen LogP contribution in [-0.2, 0) is 11.2 Å². The van der Waals surface area contributed by atoms with Gasteiger partial charge < -0.3 is 19.7 Å². The number of likely N-dealkylation sites (N-methyl/N-ethyl adjacent to an activating group) is 1. The Balaban J connectivity index is 1.39.